The lowest BCUT2D eigenvalue weighted by Crippen LogP contribution is -2.28. The SMILES string of the molecule is Cn1c([C@H]2CCCN2CC[C@H]2CCOC2=O)nc2c1CCCC2. The number of hydrogen-bond acceptors (Lipinski definition) is 4. The lowest BCUT2D eigenvalue weighted by Gasteiger charge is -2.25. The van der Waals surface area contributed by atoms with Gasteiger partial charge >= 0.3 is 5.97 Å². The first kappa shape index (κ1) is 15.2. The largest absolute Gasteiger partial charge is 0.465 e. The van der Waals surface area contributed by atoms with Crippen molar-refractivity contribution in [3.63, 3.8) is 0 Å². The second-order valence-electron chi connectivity index (χ2n) is 7.27. The van der Waals surface area contributed by atoms with Crippen LogP contribution in [0.15, 0.2) is 0 Å². The van der Waals surface area contributed by atoms with Crippen LogP contribution in [0.4, 0.5) is 0 Å². The number of rotatable bonds is 4. The number of carbonyl (C=O) groups is 1. The normalized spacial score (nSPS) is 28.1. The van der Waals surface area contributed by atoms with Gasteiger partial charge in [0.25, 0.3) is 0 Å². The number of cyclic esters (lactones) is 1. The predicted molar refractivity (Wildman–Crippen MR) is 87.1 cm³/mol. The van der Waals surface area contributed by atoms with Crippen LogP contribution in [0.1, 0.15) is 61.8 Å². The molecule has 3 heterocycles. The molecule has 0 amide bonds. The maximum Gasteiger partial charge on any atom is 0.309 e. The molecule has 4 rings (SSSR count). The van der Waals surface area contributed by atoms with Crippen LogP contribution in [0.25, 0.3) is 0 Å². The third-order valence-electron chi connectivity index (χ3n) is 5.88. The minimum Gasteiger partial charge on any atom is -0.465 e. The van der Waals surface area contributed by atoms with Crippen LogP contribution < -0.4 is 0 Å². The van der Waals surface area contributed by atoms with Gasteiger partial charge in [-0.15, -0.1) is 0 Å². The first-order valence-corrected chi connectivity index (χ1v) is 9.19. The van der Waals surface area contributed by atoms with E-state index in [4.69, 9.17) is 9.72 Å². The van der Waals surface area contributed by atoms with E-state index in [1.165, 1.54) is 49.3 Å². The van der Waals surface area contributed by atoms with Gasteiger partial charge in [0.2, 0.25) is 0 Å². The van der Waals surface area contributed by atoms with Gasteiger partial charge in [-0.05, 0) is 64.5 Å². The minimum absolute atomic E-state index is 0.00760. The zero-order valence-electron chi connectivity index (χ0n) is 14.1. The molecule has 0 unspecified atom stereocenters. The van der Waals surface area contributed by atoms with E-state index in [1.807, 2.05) is 0 Å². The van der Waals surface area contributed by atoms with E-state index in [0.29, 0.717) is 12.6 Å². The lowest BCUT2D eigenvalue weighted by molar-refractivity contribution is -0.141. The Morgan fingerprint density at radius 1 is 1.22 bits per heavy atom. The molecule has 2 fully saturated rings. The van der Waals surface area contributed by atoms with E-state index in [0.717, 1.165) is 32.4 Å². The molecule has 0 spiro atoms. The second kappa shape index (κ2) is 6.27. The smallest absolute Gasteiger partial charge is 0.309 e. The molecule has 5 heteroatoms. The summed E-state index contributed by atoms with van der Waals surface area (Å²) in [6.45, 7) is 2.73. The van der Waals surface area contributed by atoms with E-state index in [1.54, 1.807) is 0 Å². The summed E-state index contributed by atoms with van der Waals surface area (Å²) in [6, 6.07) is 0.433. The van der Waals surface area contributed by atoms with Crippen LogP contribution in [0.2, 0.25) is 0 Å². The summed E-state index contributed by atoms with van der Waals surface area (Å²) < 4.78 is 7.45. The van der Waals surface area contributed by atoms with Crippen molar-refractivity contribution in [1.82, 2.24) is 14.5 Å². The van der Waals surface area contributed by atoms with Crippen LogP contribution in [0.5, 0.6) is 0 Å². The predicted octanol–water partition coefficient (Wildman–Crippen LogP) is 2.39. The van der Waals surface area contributed by atoms with Crippen molar-refractivity contribution >= 4 is 5.97 Å². The van der Waals surface area contributed by atoms with E-state index in [2.05, 4.69) is 16.5 Å². The van der Waals surface area contributed by atoms with E-state index < -0.39 is 0 Å². The standard InChI is InChI=1S/C18H27N3O2/c1-20-15-6-3-2-5-14(15)19-17(20)16-7-4-10-21(16)11-8-13-9-12-23-18(13)22/h13,16H,2-12H2,1H3/t13-,16+/m0/s1. The molecular formula is C18H27N3O2. The summed E-state index contributed by atoms with van der Waals surface area (Å²) in [4.78, 5) is 19.2. The van der Waals surface area contributed by atoms with Gasteiger partial charge in [-0.2, -0.15) is 0 Å². The molecule has 5 nitrogen and oxygen atoms in total. The monoisotopic (exact) mass is 317 g/mol. The molecule has 2 saturated heterocycles. The van der Waals surface area contributed by atoms with Crippen LogP contribution in [-0.2, 0) is 29.4 Å². The fourth-order valence-electron chi connectivity index (χ4n) is 4.51. The molecule has 0 aromatic carbocycles. The van der Waals surface area contributed by atoms with Gasteiger partial charge in [0.1, 0.15) is 5.82 Å². The lowest BCUT2D eigenvalue weighted by atomic mass is 10.0. The number of fused-ring (bicyclic) bond motifs is 1. The number of esters is 1. The van der Waals surface area contributed by atoms with Crippen molar-refractivity contribution in [3.05, 3.63) is 17.2 Å². The summed E-state index contributed by atoms with van der Waals surface area (Å²) >= 11 is 0. The third kappa shape index (κ3) is 2.80. The molecule has 3 aliphatic rings. The fourth-order valence-corrected chi connectivity index (χ4v) is 4.51. The van der Waals surface area contributed by atoms with Crippen LogP contribution >= 0.6 is 0 Å². The van der Waals surface area contributed by atoms with Gasteiger partial charge in [-0.3, -0.25) is 9.69 Å². The number of aryl methyl sites for hydroxylation is 1. The highest BCUT2D eigenvalue weighted by Crippen LogP contribution is 2.34. The summed E-state index contributed by atoms with van der Waals surface area (Å²) in [5, 5.41) is 0. The molecule has 2 atom stereocenters. The number of hydrogen-bond donors (Lipinski definition) is 0. The van der Waals surface area contributed by atoms with Crippen molar-refractivity contribution in [3.8, 4) is 0 Å². The molecule has 0 radical (unpaired) electrons. The van der Waals surface area contributed by atoms with Gasteiger partial charge in [0.15, 0.2) is 0 Å². The summed E-state index contributed by atoms with van der Waals surface area (Å²) in [6.07, 6.45) is 9.15. The Morgan fingerprint density at radius 3 is 2.87 bits per heavy atom. The molecule has 1 aliphatic carbocycles. The topological polar surface area (TPSA) is 47.4 Å². The first-order valence-electron chi connectivity index (χ1n) is 9.19. The maximum absolute atomic E-state index is 11.7. The minimum atomic E-state index is 0.00760. The average Bonchev–Trinajstić information content (AvgIpc) is 3.25. The van der Waals surface area contributed by atoms with Crippen molar-refractivity contribution < 1.29 is 9.53 Å². The highest BCUT2D eigenvalue weighted by atomic mass is 16.5. The number of aromatic nitrogens is 2. The van der Waals surface area contributed by atoms with Gasteiger partial charge in [0, 0.05) is 12.7 Å². The first-order chi connectivity index (χ1) is 11.2. The molecule has 2 aliphatic heterocycles. The van der Waals surface area contributed by atoms with Crippen LogP contribution in [0.3, 0.4) is 0 Å². The second-order valence-corrected chi connectivity index (χ2v) is 7.27. The highest BCUT2D eigenvalue weighted by Gasteiger charge is 2.33. The van der Waals surface area contributed by atoms with E-state index in [9.17, 15) is 4.79 Å². The summed E-state index contributed by atoms with van der Waals surface area (Å²) in [7, 11) is 2.19. The Bertz CT molecular complexity index is 595. The van der Waals surface area contributed by atoms with Crippen molar-refractivity contribution in [2.45, 2.75) is 57.4 Å². The number of imidazole rings is 1. The molecule has 23 heavy (non-hydrogen) atoms. The van der Waals surface area contributed by atoms with Crippen LogP contribution in [0, 0.1) is 5.92 Å². The Hall–Kier alpha value is -1.36. The van der Waals surface area contributed by atoms with Crippen LogP contribution in [-0.4, -0.2) is 40.1 Å². The Kier molecular flexibility index (Phi) is 4.14. The van der Waals surface area contributed by atoms with Gasteiger partial charge in [-0.1, -0.05) is 0 Å². The zero-order chi connectivity index (χ0) is 15.8. The Balaban J connectivity index is 1.47. The molecule has 0 N–H and O–H groups in total. The van der Waals surface area contributed by atoms with Crippen molar-refractivity contribution in [1.29, 1.82) is 0 Å². The molecule has 1 aromatic rings. The molecule has 126 valence electrons. The van der Waals surface area contributed by atoms with Gasteiger partial charge in [0.05, 0.1) is 24.3 Å². The number of carbonyl (C=O) groups excluding carboxylic acids is 1. The molecule has 1 aromatic heterocycles. The van der Waals surface area contributed by atoms with E-state index >= 15 is 0 Å². The Morgan fingerprint density at radius 2 is 2.09 bits per heavy atom. The quantitative estimate of drug-likeness (QED) is 0.800. The van der Waals surface area contributed by atoms with E-state index in [-0.39, 0.29) is 11.9 Å². The fraction of sp³-hybridized carbons (Fsp3) is 0.778. The molecular weight excluding hydrogens is 290 g/mol. The molecule has 0 bridgehead atoms. The zero-order valence-corrected chi connectivity index (χ0v) is 14.1. The van der Waals surface area contributed by atoms with Crippen molar-refractivity contribution in [2.24, 2.45) is 13.0 Å². The number of ether oxygens (including phenoxy) is 1. The summed E-state index contributed by atoms with van der Waals surface area (Å²) in [5.74, 6) is 1.38. The summed E-state index contributed by atoms with van der Waals surface area (Å²) in [5.41, 5.74) is 2.79. The van der Waals surface area contributed by atoms with Gasteiger partial charge in [-0.25, -0.2) is 4.98 Å². The number of nitrogens with zero attached hydrogens (tertiary/aromatic N) is 3. The van der Waals surface area contributed by atoms with Gasteiger partial charge < -0.3 is 9.30 Å². The number of likely N-dealkylation sites (tertiary alicyclic amines) is 1. The molecule has 0 saturated carbocycles. The van der Waals surface area contributed by atoms with Crippen molar-refractivity contribution in [2.75, 3.05) is 19.7 Å². The average molecular weight is 317 g/mol. The maximum atomic E-state index is 11.7. The third-order valence-corrected chi connectivity index (χ3v) is 5.88. The highest BCUT2D eigenvalue weighted by molar-refractivity contribution is 5.74. The Labute approximate surface area is 138 Å².